The van der Waals surface area contributed by atoms with Crippen LogP contribution in [0.5, 0.6) is 0 Å². The lowest BCUT2D eigenvalue weighted by Crippen LogP contribution is -2.28. The minimum atomic E-state index is -0.0962. The topological polar surface area (TPSA) is 63.9 Å². The second-order valence-corrected chi connectivity index (χ2v) is 13.3. The third kappa shape index (κ3) is 7.02. The molecule has 0 radical (unpaired) electrons. The first kappa shape index (κ1) is 33.2. The highest BCUT2D eigenvalue weighted by molar-refractivity contribution is 5.93. The third-order valence-corrected chi connectivity index (χ3v) is 9.83. The van der Waals surface area contributed by atoms with Crippen LogP contribution in [0.1, 0.15) is 24.7 Å². The van der Waals surface area contributed by atoms with E-state index in [9.17, 15) is 0 Å². The molecule has 252 valence electrons. The van der Waals surface area contributed by atoms with Crippen molar-refractivity contribution in [3.63, 3.8) is 0 Å². The predicted octanol–water partition coefficient (Wildman–Crippen LogP) is 10.4. The summed E-state index contributed by atoms with van der Waals surface area (Å²) in [6, 6.07) is 27.0. The number of terminal acetylenes is 1. The Balaban J connectivity index is 1.17. The fourth-order valence-electron chi connectivity index (χ4n) is 6.98. The van der Waals surface area contributed by atoms with Crippen LogP contribution in [0.2, 0.25) is 0 Å². The molecule has 0 N–H and O–H groups in total. The van der Waals surface area contributed by atoms with Crippen molar-refractivity contribution in [3.05, 3.63) is 180 Å². The molecule has 53 heavy (non-hydrogen) atoms. The number of hydrogen-bond donors (Lipinski definition) is 0. The normalized spacial score (nSPS) is 18.9. The smallest absolute Gasteiger partial charge is 0.164 e. The molecule has 3 aromatic carbocycles. The number of benzene rings is 3. The van der Waals surface area contributed by atoms with Crippen molar-refractivity contribution in [1.82, 2.24) is 19.9 Å². The molecular weight excluding hydrogens is 647 g/mol. The Hall–Kier alpha value is -6.95. The molecule has 3 aliphatic rings. The molecule has 5 nitrogen and oxygen atoms in total. The van der Waals surface area contributed by atoms with Crippen LogP contribution in [-0.2, 0) is 0 Å². The lowest BCUT2D eigenvalue weighted by molar-refractivity contribution is 0.413. The van der Waals surface area contributed by atoms with Crippen molar-refractivity contribution in [2.75, 3.05) is 6.54 Å². The third-order valence-electron chi connectivity index (χ3n) is 9.83. The van der Waals surface area contributed by atoms with Crippen molar-refractivity contribution in [1.29, 1.82) is 0 Å². The van der Waals surface area contributed by atoms with E-state index >= 15 is 0 Å². The highest BCUT2D eigenvalue weighted by Crippen LogP contribution is 2.44. The van der Waals surface area contributed by atoms with Crippen LogP contribution in [0.25, 0.3) is 56.0 Å². The molecule has 0 bridgehead atoms. The van der Waals surface area contributed by atoms with Gasteiger partial charge in [-0.25, -0.2) is 15.0 Å². The van der Waals surface area contributed by atoms with E-state index in [1.165, 1.54) is 5.57 Å². The molecule has 8 rings (SSSR count). The van der Waals surface area contributed by atoms with E-state index in [0.717, 1.165) is 50.8 Å². The van der Waals surface area contributed by atoms with Gasteiger partial charge in [-0.15, -0.1) is 6.42 Å². The van der Waals surface area contributed by atoms with Crippen LogP contribution >= 0.6 is 0 Å². The van der Waals surface area contributed by atoms with Gasteiger partial charge in [-0.05, 0) is 53.5 Å². The highest BCUT2D eigenvalue weighted by Gasteiger charge is 2.35. The zero-order chi connectivity index (χ0) is 36.0. The van der Waals surface area contributed by atoms with Crippen molar-refractivity contribution in [3.8, 4) is 46.2 Å². The zero-order valence-corrected chi connectivity index (χ0v) is 29.3. The van der Waals surface area contributed by atoms with Crippen molar-refractivity contribution < 1.29 is 0 Å². The summed E-state index contributed by atoms with van der Waals surface area (Å²) < 4.78 is 0. The number of nitrogens with zero attached hydrogens (tertiary/aromatic N) is 5. The average molecular weight is 682 g/mol. The molecule has 0 saturated heterocycles. The van der Waals surface area contributed by atoms with Crippen LogP contribution in [0, 0.1) is 23.7 Å². The molecular formula is C48H35N5. The Morgan fingerprint density at radius 3 is 2.36 bits per heavy atom. The molecule has 2 unspecified atom stereocenters. The summed E-state index contributed by atoms with van der Waals surface area (Å²) in [5.74, 6) is 4.54. The minimum absolute atomic E-state index is 0.0962. The van der Waals surface area contributed by atoms with E-state index in [-0.39, 0.29) is 11.3 Å². The molecule has 0 spiro atoms. The number of allylic oxidation sites excluding steroid dienone is 13. The molecule has 0 amide bonds. The van der Waals surface area contributed by atoms with Gasteiger partial charge in [0, 0.05) is 63.5 Å². The number of hydrogen-bond acceptors (Lipinski definition) is 5. The standard InChI is InChI=1S/C48H35N5/c1-3-12-38(17-7-15-34-13-5-4-6-14-34)45-51-46(39-25-21-35(22-26-39)41-20-9-29-48(2)30-11-31-49-33-43(41)48)53-47(52-45)40-27-23-36(24-28-40)42-19-8-16-37-18-10-32-50-44(37)42/h1,4-5,7-13,16-32,43H,15,33H2,2H3/b17-7-,38-12+. The second kappa shape index (κ2) is 14.7. The van der Waals surface area contributed by atoms with Crippen molar-refractivity contribution >= 4 is 28.3 Å². The van der Waals surface area contributed by atoms with Crippen LogP contribution in [0.4, 0.5) is 0 Å². The molecule has 2 atom stereocenters. The quantitative estimate of drug-likeness (QED) is 0.0929. The van der Waals surface area contributed by atoms with Crippen LogP contribution < -0.4 is 0 Å². The fourth-order valence-corrected chi connectivity index (χ4v) is 6.98. The molecule has 5 aromatic rings. The van der Waals surface area contributed by atoms with E-state index in [4.69, 9.17) is 21.4 Å². The Bertz CT molecular complexity index is 2590. The molecule has 2 aromatic heterocycles. The van der Waals surface area contributed by atoms with Gasteiger partial charge in [0.15, 0.2) is 17.5 Å². The molecule has 1 aliphatic heterocycles. The summed E-state index contributed by atoms with van der Waals surface area (Å²) in [6.07, 6.45) is 32.7. The van der Waals surface area contributed by atoms with Gasteiger partial charge in [0.25, 0.3) is 0 Å². The minimum Gasteiger partial charge on any atom is -0.293 e. The first-order chi connectivity index (χ1) is 26.1. The van der Waals surface area contributed by atoms with Gasteiger partial charge in [0.1, 0.15) is 0 Å². The van der Waals surface area contributed by atoms with Gasteiger partial charge in [0.05, 0.1) is 5.52 Å². The predicted molar refractivity (Wildman–Crippen MR) is 217 cm³/mol. The summed E-state index contributed by atoms with van der Waals surface area (Å²) >= 11 is 0. The Morgan fingerprint density at radius 1 is 0.868 bits per heavy atom. The van der Waals surface area contributed by atoms with E-state index in [2.05, 4.69) is 137 Å². The molecule has 0 fully saturated rings. The van der Waals surface area contributed by atoms with Gasteiger partial charge in [-0.2, -0.15) is 0 Å². The maximum atomic E-state index is 5.84. The first-order valence-corrected chi connectivity index (χ1v) is 17.7. The van der Waals surface area contributed by atoms with E-state index < -0.39 is 0 Å². The Morgan fingerprint density at radius 2 is 1.60 bits per heavy atom. The number of pyridine rings is 1. The zero-order valence-electron chi connectivity index (χ0n) is 29.3. The largest absolute Gasteiger partial charge is 0.293 e. The van der Waals surface area contributed by atoms with E-state index in [1.807, 2.05) is 48.9 Å². The van der Waals surface area contributed by atoms with Crippen LogP contribution in [-0.4, -0.2) is 32.7 Å². The number of para-hydroxylation sites is 1. The monoisotopic (exact) mass is 681 g/mol. The van der Waals surface area contributed by atoms with Gasteiger partial charge >= 0.3 is 0 Å². The Labute approximate surface area is 310 Å². The molecule has 2 aliphatic carbocycles. The summed E-state index contributed by atoms with van der Waals surface area (Å²) in [5.41, 5.74) is 15.1. The van der Waals surface area contributed by atoms with Crippen LogP contribution in [0.15, 0.2) is 174 Å². The fraction of sp³-hybridized carbons (Fsp3) is 0.104. The lowest BCUT2D eigenvalue weighted by Gasteiger charge is -2.35. The van der Waals surface area contributed by atoms with E-state index in [1.54, 1.807) is 6.08 Å². The van der Waals surface area contributed by atoms with Gasteiger partial charge in [-0.1, -0.05) is 140 Å². The summed E-state index contributed by atoms with van der Waals surface area (Å²) in [5, 5.41) is 1.10. The van der Waals surface area contributed by atoms with E-state index in [0.29, 0.717) is 29.5 Å². The molecule has 5 heteroatoms. The number of fused-ring (bicyclic) bond motifs is 2. The maximum Gasteiger partial charge on any atom is 0.164 e. The Kier molecular flexibility index (Phi) is 9.23. The molecule has 0 saturated carbocycles. The first-order valence-electron chi connectivity index (χ1n) is 17.7. The number of aliphatic imine (C=N–C) groups is 1. The molecule has 3 heterocycles. The van der Waals surface area contributed by atoms with Crippen LogP contribution in [0.3, 0.4) is 0 Å². The number of rotatable bonds is 8. The summed E-state index contributed by atoms with van der Waals surface area (Å²) in [7, 11) is 0. The number of aromatic nitrogens is 4. The van der Waals surface area contributed by atoms with Gasteiger partial charge < -0.3 is 0 Å². The van der Waals surface area contributed by atoms with Crippen molar-refractivity contribution in [2.45, 2.75) is 13.3 Å². The second-order valence-electron chi connectivity index (χ2n) is 13.3. The summed E-state index contributed by atoms with van der Waals surface area (Å²) in [6.45, 7) is 3.00. The lowest BCUT2D eigenvalue weighted by atomic mass is 9.69. The van der Waals surface area contributed by atoms with Crippen molar-refractivity contribution in [2.24, 2.45) is 16.3 Å². The highest BCUT2D eigenvalue weighted by atomic mass is 15.0. The average Bonchev–Trinajstić information content (AvgIpc) is 3.42. The SMILES string of the molecule is C#C/C=C(\C=C/CC1=C=C=CC=C1)c1nc(-c2ccc(C3=CC=CC4(C)C=CC=NCC34)cc2)nc(-c2ccc(-c3cccc4cccnc34)cc2)n1. The maximum absolute atomic E-state index is 5.84. The van der Waals surface area contributed by atoms with Gasteiger partial charge in [-0.3, -0.25) is 9.98 Å². The van der Waals surface area contributed by atoms with Gasteiger partial charge in [0.2, 0.25) is 0 Å². The summed E-state index contributed by atoms with van der Waals surface area (Å²) in [4.78, 5) is 24.3.